The van der Waals surface area contributed by atoms with Gasteiger partial charge in [-0.15, -0.1) is 5.10 Å². The normalized spacial score (nSPS) is 28.1. The minimum absolute atomic E-state index is 0.637. The van der Waals surface area contributed by atoms with E-state index < -0.39 is 0 Å². The summed E-state index contributed by atoms with van der Waals surface area (Å²) >= 11 is 1.42. The van der Waals surface area contributed by atoms with E-state index in [-0.39, 0.29) is 0 Å². The van der Waals surface area contributed by atoms with Crippen LogP contribution in [0.3, 0.4) is 0 Å². The lowest BCUT2D eigenvalue weighted by Crippen LogP contribution is -2.45. The second kappa shape index (κ2) is 5.01. The van der Waals surface area contributed by atoms with E-state index in [9.17, 15) is 0 Å². The maximum absolute atomic E-state index is 4.03. The van der Waals surface area contributed by atoms with Crippen molar-refractivity contribution in [1.82, 2.24) is 19.8 Å². The molecule has 15 heavy (non-hydrogen) atoms. The van der Waals surface area contributed by atoms with Gasteiger partial charge in [-0.3, -0.25) is 0 Å². The fraction of sp³-hybridized carbons (Fsp3) is 0.800. The predicted molar refractivity (Wildman–Crippen MR) is 61.9 cm³/mol. The van der Waals surface area contributed by atoms with Crippen LogP contribution in [0, 0.1) is 0 Å². The zero-order valence-corrected chi connectivity index (χ0v) is 10.1. The average Bonchev–Trinajstić information content (AvgIpc) is 2.73. The SMILES string of the molecule is CC1CC(NCc2csnn2)CCN1C. The van der Waals surface area contributed by atoms with E-state index >= 15 is 0 Å². The molecular formula is C10H18N4S. The highest BCUT2D eigenvalue weighted by Crippen LogP contribution is 2.15. The highest BCUT2D eigenvalue weighted by molar-refractivity contribution is 7.03. The number of nitrogens with one attached hydrogen (secondary N) is 1. The van der Waals surface area contributed by atoms with Gasteiger partial charge in [0.05, 0.1) is 5.69 Å². The smallest absolute Gasteiger partial charge is 0.0893 e. The van der Waals surface area contributed by atoms with Crippen molar-refractivity contribution in [2.75, 3.05) is 13.6 Å². The number of hydrogen-bond donors (Lipinski definition) is 1. The lowest BCUT2D eigenvalue weighted by molar-refractivity contribution is 0.168. The van der Waals surface area contributed by atoms with Crippen molar-refractivity contribution in [2.24, 2.45) is 0 Å². The molecule has 4 nitrogen and oxygen atoms in total. The Morgan fingerprint density at radius 3 is 3.20 bits per heavy atom. The van der Waals surface area contributed by atoms with Gasteiger partial charge in [-0.2, -0.15) is 0 Å². The van der Waals surface area contributed by atoms with E-state index in [1.165, 1.54) is 30.9 Å². The number of rotatable bonds is 3. The van der Waals surface area contributed by atoms with Crippen molar-refractivity contribution in [3.8, 4) is 0 Å². The Hall–Kier alpha value is -0.520. The average molecular weight is 226 g/mol. The predicted octanol–water partition coefficient (Wildman–Crippen LogP) is 1.11. The van der Waals surface area contributed by atoms with E-state index in [4.69, 9.17) is 0 Å². The molecule has 0 amide bonds. The lowest BCUT2D eigenvalue weighted by Gasteiger charge is -2.35. The summed E-state index contributed by atoms with van der Waals surface area (Å²) in [6.07, 6.45) is 2.46. The zero-order chi connectivity index (χ0) is 10.7. The second-order valence-corrected chi connectivity index (χ2v) is 4.94. The summed E-state index contributed by atoms with van der Waals surface area (Å²) in [5.74, 6) is 0. The fourth-order valence-corrected chi connectivity index (χ4v) is 2.44. The molecule has 1 aliphatic heterocycles. The van der Waals surface area contributed by atoms with E-state index in [0.29, 0.717) is 12.1 Å². The minimum Gasteiger partial charge on any atom is -0.308 e. The van der Waals surface area contributed by atoms with Crippen LogP contribution in [-0.2, 0) is 6.54 Å². The molecule has 0 aromatic carbocycles. The van der Waals surface area contributed by atoms with E-state index in [1.54, 1.807) is 0 Å². The van der Waals surface area contributed by atoms with Gasteiger partial charge in [0.1, 0.15) is 0 Å². The fourth-order valence-electron chi connectivity index (χ4n) is 1.98. The highest BCUT2D eigenvalue weighted by Gasteiger charge is 2.22. The zero-order valence-electron chi connectivity index (χ0n) is 9.31. The van der Waals surface area contributed by atoms with Gasteiger partial charge in [-0.05, 0) is 44.9 Å². The molecule has 0 bridgehead atoms. The van der Waals surface area contributed by atoms with Crippen LogP contribution in [0.4, 0.5) is 0 Å². The van der Waals surface area contributed by atoms with Crippen LogP contribution in [0.5, 0.6) is 0 Å². The van der Waals surface area contributed by atoms with Gasteiger partial charge in [-0.25, -0.2) is 0 Å². The van der Waals surface area contributed by atoms with Crippen molar-refractivity contribution < 1.29 is 0 Å². The molecule has 5 heteroatoms. The van der Waals surface area contributed by atoms with Gasteiger partial charge in [0, 0.05) is 24.0 Å². The van der Waals surface area contributed by atoms with Gasteiger partial charge in [-0.1, -0.05) is 4.49 Å². The van der Waals surface area contributed by atoms with Crippen LogP contribution >= 0.6 is 11.5 Å². The molecule has 1 aromatic rings. The number of hydrogen-bond acceptors (Lipinski definition) is 5. The number of aromatic nitrogens is 2. The van der Waals surface area contributed by atoms with Crippen molar-refractivity contribution >= 4 is 11.5 Å². The van der Waals surface area contributed by atoms with Crippen molar-refractivity contribution in [3.63, 3.8) is 0 Å². The van der Waals surface area contributed by atoms with E-state index in [0.717, 1.165) is 12.2 Å². The lowest BCUT2D eigenvalue weighted by atomic mass is 9.99. The quantitative estimate of drug-likeness (QED) is 0.838. The summed E-state index contributed by atoms with van der Waals surface area (Å²) in [4.78, 5) is 2.42. The van der Waals surface area contributed by atoms with Crippen molar-refractivity contribution in [3.05, 3.63) is 11.1 Å². The second-order valence-electron chi connectivity index (χ2n) is 4.33. The molecule has 1 aromatic heterocycles. The summed E-state index contributed by atoms with van der Waals surface area (Å²) in [6, 6.07) is 1.32. The molecule has 2 unspecified atom stereocenters. The Morgan fingerprint density at radius 2 is 2.53 bits per heavy atom. The molecule has 0 spiro atoms. The first kappa shape index (κ1) is 11.0. The Kier molecular flexibility index (Phi) is 3.66. The molecule has 0 radical (unpaired) electrons. The van der Waals surface area contributed by atoms with Gasteiger partial charge in [0.25, 0.3) is 0 Å². The minimum atomic E-state index is 0.637. The summed E-state index contributed by atoms with van der Waals surface area (Å²) in [5, 5.41) is 9.59. The third kappa shape index (κ3) is 2.96. The van der Waals surface area contributed by atoms with Gasteiger partial charge in [0.2, 0.25) is 0 Å². The number of likely N-dealkylation sites (tertiary alicyclic amines) is 1. The molecule has 1 saturated heterocycles. The van der Waals surface area contributed by atoms with Gasteiger partial charge in [0.15, 0.2) is 0 Å². The highest BCUT2D eigenvalue weighted by atomic mass is 32.1. The standard InChI is InChI=1S/C10H18N4S/c1-8-5-9(3-4-14(8)2)11-6-10-7-15-13-12-10/h7-9,11H,3-6H2,1-2H3. The van der Waals surface area contributed by atoms with E-state index in [1.807, 2.05) is 5.38 Å². The Balaban J connectivity index is 1.76. The molecule has 2 rings (SSSR count). The van der Waals surface area contributed by atoms with E-state index in [2.05, 4.69) is 33.8 Å². The van der Waals surface area contributed by atoms with Crippen molar-refractivity contribution in [2.45, 2.75) is 38.4 Å². The monoisotopic (exact) mass is 226 g/mol. The molecule has 84 valence electrons. The topological polar surface area (TPSA) is 41.1 Å². The number of piperidine rings is 1. The number of nitrogens with zero attached hydrogens (tertiary/aromatic N) is 3. The van der Waals surface area contributed by atoms with Crippen LogP contribution < -0.4 is 5.32 Å². The Labute approximate surface area is 94.8 Å². The first-order valence-corrected chi connectivity index (χ1v) is 6.29. The molecule has 1 fully saturated rings. The molecule has 1 N–H and O–H groups in total. The molecule has 0 aliphatic carbocycles. The molecule has 1 aliphatic rings. The molecule has 2 atom stereocenters. The third-order valence-electron chi connectivity index (χ3n) is 3.19. The molecule has 0 saturated carbocycles. The first-order valence-electron chi connectivity index (χ1n) is 5.45. The Bertz CT molecular complexity index is 288. The summed E-state index contributed by atoms with van der Waals surface area (Å²) in [6.45, 7) is 4.34. The summed E-state index contributed by atoms with van der Waals surface area (Å²) < 4.78 is 3.86. The van der Waals surface area contributed by atoms with Crippen LogP contribution in [-0.4, -0.2) is 40.2 Å². The maximum Gasteiger partial charge on any atom is 0.0893 e. The van der Waals surface area contributed by atoms with Crippen LogP contribution in [0.1, 0.15) is 25.5 Å². The van der Waals surface area contributed by atoms with Crippen LogP contribution in [0.2, 0.25) is 0 Å². The maximum atomic E-state index is 4.03. The molecule has 2 heterocycles. The Morgan fingerprint density at radius 1 is 1.67 bits per heavy atom. The van der Waals surface area contributed by atoms with Crippen LogP contribution in [0.25, 0.3) is 0 Å². The largest absolute Gasteiger partial charge is 0.308 e. The summed E-state index contributed by atoms with van der Waals surface area (Å²) in [5.41, 5.74) is 1.06. The third-order valence-corrected chi connectivity index (χ3v) is 3.74. The first-order chi connectivity index (χ1) is 7.25. The molecular weight excluding hydrogens is 208 g/mol. The van der Waals surface area contributed by atoms with Gasteiger partial charge >= 0.3 is 0 Å². The van der Waals surface area contributed by atoms with Gasteiger partial charge < -0.3 is 10.2 Å². The van der Waals surface area contributed by atoms with Crippen molar-refractivity contribution in [1.29, 1.82) is 0 Å². The summed E-state index contributed by atoms with van der Waals surface area (Å²) in [7, 11) is 2.20. The van der Waals surface area contributed by atoms with Crippen LogP contribution in [0.15, 0.2) is 5.38 Å².